The summed E-state index contributed by atoms with van der Waals surface area (Å²) < 4.78 is 47.0. The predicted molar refractivity (Wildman–Crippen MR) is 153 cm³/mol. The van der Waals surface area contributed by atoms with Crippen LogP contribution in [0.3, 0.4) is 0 Å². The molecule has 4 rings (SSSR count). The number of rotatable bonds is 6. The van der Waals surface area contributed by atoms with E-state index in [1.54, 1.807) is 35.9 Å². The van der Waals surface area contributed by atoms with E-state index in [1.807, 2.05) is 27.7 Å². The number of halogens is 4. The molecule has 42 heavy (non-hydrogen) atoms. The zero-order valence-electron chi connectivity index (χ0n) is 24.0. The Morgan fingerprint density at radius 2 is 1.81 bits per heavy atom. The van der Waals surface area contributed by atoms with Crippen molar-refractivity contribution in [2.75, 3.05) is 18.9 Å². The van der Waals surface area contributed by atoms with Gasteiger partial charge in [-0.3, -0.25) is 14.9 Å². The zero-order chi connectivity index (χ0) is 31.0. The van der Waals surface area contributed by atoms with E-state index >= 15 is 0 Å². The molecule has 226 valence electrons. The van der Waals surface area contributed by atoms with Crippen molar-refractivity contribution in [1.29, 1.82) is 0 Å². The van der Waals surface area contributed by atoms with Crippen LogP contribution < -0.4 is 10.1 Å². The summed E-state index contributed by atoms with van der Waals surface area (Å²) >= 11 is 5.93. The molecule has 0 bridgehead atoms. The van der Waals surface area contributed by atoms with Crippen molar-refractivity contribution in [2.24, 2.45) is 5.41 Å². The Morgan fingerprint density at radius 3 is 2.43 bits per heavy atom. The van der Waals surface area contributed by atoms with Gasteiger partial charge in [0.25, 0.3) is 5.91 Å². The number of anilines is 1. The quantitative estimate of drug-likeness (QED) is 0.352. The van der Waals surface area contributed by atoms with E-state index in [1.165, 1.54) is 23.1 Å². The minimum Gasteiger partial charge on any atom is -0.410 e. The van der Waals surface area contributed by atoms with Gasteiger partial charge in [-0.1, -0.05) is 32.4 Å². The van der Waals surface area contributed by atoms with Crippen LogP contribution in [-0.4, -0.2) is 69.1 Å². The highest BCUT2D eigenvalue weighted by molar-refractivity contribution is 6.30. The number of aromatic nitrogens is 2. The molecule has 1 aliphatic heterocycles. The third-order valence-corrected chi connectivity index (χ3v) is 7.90. The van der Waals surface area contributed by atoms with Gasteiger partial charge in [0.2, 0.25) is 5.95 Å². The maximum atomic E-state index is 13.3. The van der Waals surface area contributed by atoms with Gasteiger partial charge in [0, 0.05) is 42.8 Å². The first-order chi connectivity index (χ1) is 19.6. The largest absolute Gasteiger partial charge is 0.471 e. The Kier molecular flexibility index (Phi) is 8.77. The fourth-order valence-corrected chi connectivity index (χ4v) is 4.93. The third kappa shape index (κ3) is 6.80. The smallest absolute Gasteiger partial charge is 0.410 e. The number of fused-ring (bicyclic) bond motifs is 1. The molecule has 1 fully saturated rings. The normalized spacial score (nSPS) is 16.4. The Morgan fingerprint density at radius 1 is 1.14 bits per heavy atom. The second-order valence-corrected chi connectivity index (χ2v) is 11.9. The molecule has 1 aromatic heterocycles. The summed E-state index contributed by atoms with van der Waals surface area (Å²) in [6.07, 6.45) is -4.81. The second kappa shape index (κ2) is 11.8. The number of amides is 3. The maximum absolute atomic E-state index is 13.3. The molecule has 0 radical (unpaired) electrons. The van der Waals surface area contributed by atoms with E-state index in [0.29, 0.717) is 34.5 Å². The predicted octanol–water partition coefficient (Wildman–Crippen LogP) is 6.36. The van der Waals surface area contributed by atoms with Crippen molar-refractivity contribution in [3.8, 4) is 5.75 Å². The van der Waals surface area contributed by atoms with Gasteiger partial charge in [-0.2, -0.15) is 13.2 Å². The maximum Gasteiger partial charge on any atom is 0.471 e. The molecule has 1 aliphatic rings. The van der Waals surface area contributed by atoms with Gasteiger partial charge in [0.15, 0.2) is 0 Å². The van der Waals surface area contributed by atoms with Crippen LogP contribution in [0.25, 0.3) is 11.0 Å². The van der Waals surface area contributed by atoms with Gasteiger partial charge >= 0.3 is 18.2 Å². The topological polar surface area (TPSA) is 96.8 Å². The number of hydrogen-bond donors (Lipinski definition) is 1. The monoisotopic (exact) mass is 607 g/mol. The number of imidazole rings is 1. The third-order valence-electron chi connectivity index (χ3n) is 7.65. The highest BCUT2D eigenvalue weighted by Gasteiger charge is 2.46. The summed E-state index contributed by atoms with van der Waals surface area (Å²) in [5.74, 6) is -2.14. The zero-order valence-corrected chi connectivity index (χ0v) is 24.7. The number of likely N-dealkylation sites (tertiary alicyclic amines) is 1. The van der Waals surface area contributed by atoms with Crippen molar-refractivity contribution in [3.63, 3.8) is 0 Å². The van der Waals surface area contributed by atoms with E-state index in [0.717, 1.165) is 4.90 Å². The molecule has 3 amide bonds. The van der Waals surface area contributed by atoms with Gasteiger partial charge < -0.3 is 19.1 Å². The first-order valence-corrected chi connectivity index (χ1v) is 13.8. The molecule has 0 spiro atoms. The van der Waals surface area contributed by atoms with Crippen molar-refractivity contribution >= 4 is 46.5 Å². The average Bonchev–Trinajstić information content (AvgIpc) is 3.50. The highest BCUT2D eigenvalue weighted by Crippen LogP contribution is 2.31. The first-order valence-electron chi connectivity index (χ1n) is 13.5. The van der Waals surface area contributed by atoms with E-state index in [-0.39, 0.29) is 36.2 Å². The van der Waals surface area contributed by atoms with E-state index in [9.17, 15) is 27.6 Å². The molecule has 1 N–H and O–H groups in total. The van der Waals surface area contributed by atoms with Crippen molar-refractivity contribution in [2.45, 2.75) is 65.3 Å². The molecule has 9 nitrogen and oxygen atoms in total. The number of ether oxygens (including phenoxy) is 1. The van der Waals surface area contributed by atoms with Gasteiger partial charge in [-0.25, -0.2) is 9.78 Å². The average molecular weight is 608 g/mol. The van der Waals surface area contributed by atoms with Gasteiger partial charge in [0.05, 0.1) is 17.1 Å². The first kappa shape index (κ1) is 31.1. The number of nitrogens with one attached hydrogen (secondary N) is 1. The molecule has 2 heterocycles. The Labute approximate surface area is 246 Å². The Balaban J connectivity index is 1.67. The summed E-state index contributed by atoms with van der Waals surface area (Å²) in [5.41, 5.74) is 0.919. The Hall–Kier alpha value is -3.80. The summed E-state index contributed by atoms with van der Waals surface area (Å²) in [6.45, 7) is 7.87. The molecule has 0 aliphatic carbocycles. The standard InChI is InChI=1S/C29H33ClF3N5O4/c1-17(28(2,3)4)36(5)27(41)42-21-12-13-23-22(15-21)34-26(35-24(39)18-8-10-19(30)11-9-18)38(23)16-20-7-6-14-37(20)25(40)29(31,32)33/h8-13,15,17,20H,6-7,14,16H2,1-5H3,(H,34,35,39)/t17-,20?/m0/s1. The van der Waals surface area contributed by atoms with E-state index in [4.69, 9.17) is 16.3 Å². The van der Waals surface area contributed by atoms with Crippen LogP contribution in [0.2, 0.25) is 5.02 Å². The van der Waals surface area contributed by atoms with Gasteiger partial charge in [0.1, 0.15) is 5.75 Å². The summed E-state index contributed by atoms with van der Waals surface area (Å²) in [4.78, 5) is 44.8. The fraction of sp³-hybridized carbons (Fsp3) is 0.448. The number of carbonyl (C=O) groups excluding carboxylic acids is 3. The van der Waals surface area contributed by atoms with Crippen molar-refractivity contribution in [3.05, 3.63) is 53.1 Å². The minimum absolute atomic E-state index is 0.0251. The Bertz CT molecular complexity index is 1480. The molecular weight excluding hydrogens is 575 g/mol. The van der Waals surface area contributed by atoms with Crippen LogP contribution in [0.4, 0.5) is 23.9 Å². The van der Waals surface area contributed by atoms with Crippen LogP contribution in [0.1, 0.15) is 50.9 Å². The lowest BCUT2D eigenvalue weighted by atomic mass is 9.87. The summed E-state index contributed by atoms with van der Waals surface area (Å²) in [7, 11) is 1.64. The molecule has 1 unspecified atom stereocenters. The molecule has 2 atom stereocenters. The fourth-order valence-electron chi connectivity index (χ4n) is 4.81. The number of carbonyl (C=O) groups is 3. The van der Waals surface area contributed by atoms with Crippen LogP contribution in [0.15, 0.2) is 42.5 Å². The van der Waals surface area contributed by atoms with Gasteiger partial charge in [-0.15, -0.1) is 0 Å². The highest BCUT2D eigenvalue weighted by atomic mass is 35.5. The lowest BCUT2D eigenvalue weighted by Gasteiger charge is -2.34. The minimum atomic E-state index is -5.00. The van der Waals surface area contributed by atoms with E-state index < -0.39 is 30.1 Å². The number of nitrogens with zero attached hydrogens (tertiary/aromatic N) is 4. The number of hydrogen-bond acceptors (Lipinski definition) is 5. The van der Waals surface area contributed by atoms with Crippen molar-refractivity contribution < 1.29 is 32.3 Å². The molecule has 2 aromatic carbocycles. The van der Waals surface area contributed by atoms with Crippen LogP contribution in [0, 0.1) is 5.41 Å². The summed E-state index contributed by atoms with van der Waals surface area (Å²) in [5, 5.41) is 3.17. The lowest BCUT2D eigenvalue weighted by Crippen LogP contribution is -2.45. The summed E-state index contributed by atoms with van der Waals surface area (Å²) in [6, 6.07) is 9.94. The molecule has 3 aromatic rings. The van der Waals surface area contributed by atoms with Crippen LogP contribution >= 0.6 is 11.6 Å². The SMILES string of the molecule is C[C@H](N(C)C(=O)Oc1ccc2c(c1)nc(NC(=O)c1ccc(Cl)cc1)n2CC1CCCN1C(=O)C(F)(F)F)C(C)(C)C. The molecule has 13 heteroatoms. The molecule has 1 saturated heterocycles. The molecular formula is C29H33ClF3N5O4. The molecule has 0 saturated carbocycles. The van der Waals surface area contributed by atoms with E-state index in [2.05, 4.69) is 10.3 Å². The van der Waals surface area contributed by atoms with Crippen LogP contribution in [0.5, 0.6) is 5.75 Å². The van der Waals surface area contributed by atoms with Gasteiger partial charge in [-0.05, 0) is 61.6 Å². The van der Waals surface area contributed by atoms with Crippen LogP contribution in [-0.2, 0) is 11.3 Å². The van der Waals surface area contributed by atoms with Crippen molar-refractivity contribution in [1.82, 2.24) is 19.4 Å². The number of alkyl halides is 3. The lowest BCUT2D eigenvalue weighted by molar-refractivity contribution is -0.186. The number of benzene rings is 2. The second-order valence-electron chi connectivity index (χ2n) is 11.5.